The topological polar surface area (TPSA) is 17.1 Å². The SMILES string of the molecule is O=C(C=CC=CC=CC=CC=CC=Cc1ccccc1)c1ccccc1. The molecule has 0 aliphatic rings. The van der Waals surface area contributed by atoms with E-state index in [9.17, 15) is 4.79 Å². The summed E-state index contributed by atoms with van der Waals surface area (Å²) in [6, 6.07) is 19.4. The molecule has 0 aliphatic carbocycles. The number of allylic oxidation sites excluding steroid dienone is 11. The average Bonchev–Trinajstić information content (AvgIpc) is 2.70. The van der Waals surface area contributed by atoms with Crippen LogP contribution in [0.1, 0.15) is 15.9 Å². The van der Waals surface area contributed by atoms with E-state index in [0.717, 1.165) is 0 Å². The Morgan fingerprint density at radius 1 is 0.538 bits per heavy atom. The zero-order valence-electron chi connectivity index (χ0n) is 14.6. The lowest BCUT2D eigenvalue weighted by Crippen LogP contribution is -1.92. The highest BCUT2D eigenvalue weighted by atomic mass is 16.1. The zero-order chi connectivity index (χ0) is 18.3. The van der Waals surface area contributed by atoms with Crippen molar-refractivity contribution in [3.63, 3.8) is 0 Å². The number of ketones is 1. The van der Waals surface area contributed by atoms with Crippen molar-refractivity contribution in [1.29, 1.82) is 0 Å². The molecule has 0 saturated carbocycles. The maximum atomic E-state index is 11.8. The smallest absolute Gasteiger partial charge is 0.185 e. The lowest BCUT2D eigenvalue weighted by molar-refractivity contribution is 0.104. The number of benzene rings is 2. The van der Waals surface area contributed by atoms with Crippen LogP contribution < -0.4 is 0 Å². The van der Waals surface area contributed by atoms with E-state index in [1.54, 1.807) is 12.2 Å². The molecule has 128 valence electrons. The molecule has 0 spiro atoms. The van der Waals surface area contributed by atoms with Crippen LogP contribution in [-0.2, 0) is 0 Å². The van der Waals surface area contributed by atoms with Crippen molar-refractivity contribution in [3.8, 4) is 0 Å². The molecule has 1 nitrogen and oxygen atoms in total. The fraction of sp³-hybridized carbons (Fsp3) is 0. The second kappa shape index (κ2) is 12.0. The summed E-state index contributed by atoms with van der Waals surface area (Å²) < 4.78 is 0. The van der Waals surface area contributed by atoms with E-state index in [-0.39, 0.29) is 5.78 Å². The molecule has 0 atom stereocenters. The highest BCUT2D eigenvalue weighted by Gasteiger charge is 1.97. The molecule has 0 saturated heterocycles. The van der Waals surface area contributed by atoms with Crippen molar-refractivity contribution in [2.24, 2.45) is 0 Å². The molecule has 0 bridgehead atoms. The summed E-state index contributed by atoms with van der Waals surface area (Å²) in [5, 5.41) is 0. The van der Waals surface area contributed by atoms with Crippen LogP contribution in [0.2, 0.25) is 0 Å². The first-order valence-electron chi connectivity index (χ1n) is 8.52. The van der Waals surface area contributed by atoms with Crippen LogP contribution >= 0.6 is 0 Å². The van der Waals surface area contributed by atoms with Gasteiger partial charge < -0.3 is 0 Å². The Balaban J connectivity index is 1.68. The Morgan fingerprint density at radius 3 is 1.58 bits per heavy atom. The second-order valence-electron chi connectivity index (χ2n) is 5.40. The van der Waals surface area contributed by atoms with Crippen LogP contribution in [0.5, 0.6) is 0 Å². The lowest BCUT2D eigenvalue weighted by Gasteiger charge is -1.92. The lowest BCUT2D eigenvalue weighted by atomic mass is 10.1. The Hall–Kier alpha value is -3.45. The van der Waals surface area contributed by atoms with Crippen LogP contribution in [0, 0.1) is 0 Å². The summed E-state index contributed by atoms with van der Waals surface area (Å²) in [4.78, 5) is 11.8. The van der Waals surface area contributed by atoms with E-state index in [0.29, 0.717) is 5.56 Å². The largest absolute Gasteiger partial charge is 0.289 e. The third-order valence-corrected chi connectivity index (χ3v) is 3.39. The molecule has 0 radical (unpaired) electrons. The minimum atomic E-state index is 0.00724. The standard InChI is InChI=1S/C25H22O/c26-25(24-20-14-10-15-21-24)22-16-8-6-4-2-1-3-5-7-11-17-23-18-12-9-13-19-23/h1-22H. The van der Waals surface area contributed by atoms with E-state index >= 15 is 0 Å². The van der Waals surface area contributed by atoms with Gasteiger partial charge in [-0.2, -0.15) is 0 Å². The van der Waals surface area contributed by atoms with E-state index in [4.69, 9.17) is 0 Å². The highest BCUT2D eigenvalue weighted by Crippen LogP contribution is 2.01. The predicted octanol–water partition coefficient (Wildman–Crippen LogP) is 6.36. The molecule has 26 heavy (non-hydrogen) atoms. The van der Waals surface area contributed by atoms with Gasteiger partial charge in [-0.1, -0.05) is 127 Å². The summed E-state index contributed by atoms with van der Waals surface area (Å²) in [7, 11) is 0. The molecule has 1 heteroatoms. The first kappa shape index (κ1) is 18.9. The van der Waals surface area contributed by atoms with Crippen molar-refractivity contribution in [3.05, 3.63) is 139 Å². The third kappa shape index (κ3) is 7.89. The first-order chi connectivity index (χ1) is 12.9. The van der Waals surface area contributed by atoms with Crippen LogP contribution in [-0.4, -0.2) is 5.78 Å². The van der Waals surface area contributed by atoms with Crippen LogP contribution in [0.3, 0.4) is 0 Å². The molecule has 0 aromatic heterocycles. The average molecular weight is 338 g/mol. The molecule has 0 unspecified atom stereocenters. The van der Waals surface area contributed by atoms with Gasteiger partial charge in [0.1, 0.15) is 0 Å². The van der Waals surface area contributed by atoms with E-state index in [2.05, 4.69) is 18.2 Å². The van der Waals surface area contributed by atoms with Crippen molar-refractivity contribution >= 4 is 11.9 Å². The fourth-order valence-electron chi connectivity index (χ4n) is 2.09. The summed E-state index contributed by atoms with van der Waals surface area (Å²) in [5.41, 5.74) is 1.88. The highest BCUT2D eigenvalue weighted by molar-refractivity contribution is 6.04. The van der Waals surface area contributed by atoms with Gasteiger partial charge in [-0.3, -0.25) is 4.79 Å². The van der Waals surface area contributed by atoms with Gasteiger partial charge in [0.2, 0.25) is 0 Å². The number of hydrogen-bond donors (Lipinski definition) is 0. The van der Waals surface area contributed by atoms with Crippen molar-refractivity contribution in [1.82, 2.24) is 0 Å². The molecule has 0 heterocycles. The molecule has 0 N–H and O–H groups in total. The third-order valence-electron chi connectivity index (χ3n) is 3.39. The number of carbonyl (C=O) groups is 1. The predicted molar refractivity (Wildman–Crippen MR) is 112 cm³/mol. The summed E-state index contributed by atoms with van der Waals surface area (Å²) in [6.45, 7) is 0. The maximum absolute atomic E-state index is 11.8. The number of carbonyl (C=O) groups excluding carboxylic acids is 1. The van der Waals surface area contributed by atoms with Crippen LogP contribution in [0.4, 0.5) is 0 Å². The first-order valence-corrected chi connectivity index (χ1v) is 8.52. The summed E-state index contributed by atoms with van der Waals surface area (Å²) in [5.74, 6) is 0.00724. The molecular formula is C25H22O. The Morgan fingerprint density at radius 2 is 1.00 bits per heavy atom. The van der Waals surface area contributed by atoms with Crippen molar-refractivity contribution in [2.75, 3.05) is 0 Å². The summed E-state index contributed by atoms with van der Waals surface area (Å²) in [6.07, 6.45) is 22.9. The molecule has 0 fully saturated rings. The quantitative estimate of drug-likeness (QED) is 0.311. The molecule has 2 rings (SSSR count). The van der Waals surface area contributed by atoms with Crippen LogP contribution in [0.15, 0.2) is 127 Å². The maximum Gasteiger partial charge on any atom is 0.185 e. The molecule has 0 amide bonds. The summed E-state index contributed by atoms with van der Waals surface area (Å²) >= 11 is 0. The molecule has 2 aromatic rings. The minimum absolute atomic E-state index is 0.00724. The van der Waals surface area contributed by atoms with Gasteiger partial charge in [0.05, 0.1) is 0 Å². The zero-order valence-corrected chi connectivity index (χ0v) is 14.6. The number of hydrogen-bond acceptors (Lipinski definition) is 1. The monoisotopic (exact) mass is 338 g/mol. The van der Waals surface area contributed by atoms with Gasteiger partial charge >= 0.3 is 0 Å². The Kier molecular flexibility index (Phi) is 8.71. The van der Waals surface area contributed by atoms with Crippen molar-refractivity contribution < 1.29 is 4.79 Å². The van der Waals surface area contributed by atoms with Crippen LogP contribution in [0.25, 0.3) is 6.08 Å². The Labute approximate surface area is 155 Å². The van der Waals surface area contributed by atoms with E-state index in [1.165, 1.54) is 5.56 Å². The minimum Gasteiger partial charge on any atom is -0.289 e. The Bertz CT molecular complexity index is 832. The molecule has 2 aromatic carbocycles. The normalized spacial score (nSPS) is 12.6. The molecular weight excluding hydrogens is 316 g/mol. The van der Waals surface area contributed by atoms with Gasteiger partial charge in [0.25, 0.3) is 0 Å². The van der Waals surface area contributed by atoms with Gasteiger partial charge in [-0.25, -0.2) is 0 Å². The van der Waals surface area contributed by atoms with Gasteiger partial charge in [0.15, 0.2) is 5.78 Å². The van der Waals surface area contributed by atoms with Gasteiger partial charge in [-0.05, 0) is 11.6 Å². The van der Waals surface area contributed by atoms with Crippen molar-refractivity contribution in [2.45, 2.75) is 0 Å². The second-order valence-corrected chi connectivity index (χ2v) is 5.40. The van der Waals surface area contributed by atoms with E-state index in [1.807, 2.05) is 103 Å². The van der Waals surface area contributed by atoms with E-state index < -0.39 is 0 Å². The molecule has 0 aliphatic heterocycles. The van der Waals surface area contributed by atoms with Gasteiger partial charge in [-0.15, -0.1) is 0 Å². The van der Waals surface area contributed by atoms with Gasteiger partial charge in [0, 0.05) is 5.56 Å². The fourth-order valence-corrected chi connectivity index (χ4v) is 2.09. The number of rotatable bonds is 8.